The first kappa shape index (κ1) is 17.0. The number of fused-ring (bicyclic) bond motifs is 1. The van der Waals surface area contributed by atoms with Crippen molar-refractivity contribution >= 4 is 11.2 Å². The molecule has 138 valence electrons. The summed E-state index contributed by atoms with van der Waals surface area (Å²) in [5, 5.41) is 4.35. The number of aromatic nitrogens is 6. The fraction of sp³-hybridized carbons (Fsp3) is 0.222. The van der Waals surface area contributed by atoms with Gasteiger partial charge in [-0.25, -0.2) is 9.78 Å². The Hall–Kier alpha value is -3.46. The van der Waals surface area contributed by atoms with Gasteiger partial charge in [-0.2, -0.15) is 5.10 Å². The first-order valence-electron chi connectivity index (χ1n) is 8.44. The second-order valence-corrected chi connectivity index (χ2v) is 6.10. The molecule has 27 heavy (non-hydrogen) atoms. The van der Waals surface area contributed by atoms with Crippen LogP contribution in [-0.4, -0.2) is 43.0 Å². The zero-order chi connectivity index (χ0) is 18.8. The van der Waals surface area contributed by atoms with Crippen LogP contribution in [0.5, 0.6) is 0 Å². The summed E-state index contributed by atoms with van der Waals surface area (Å²) in [4.78, 5) is 34.0. The minimum Gasteiger partial charge on any atom is -0.383 e. The number of H-pyrrole nitrogens is 2. The highest BCUT2D eigenvalue weighted by Gasteiger charge is 2.15. The fourth-order valence-electron chi connectivity index (χ4n) is 2.91. The number of ether oxygens (including phenoxy) is 1. The van der Waals surface area contributed by atoms with Crippen molar-refractivity contribution in [2.75, 3.05) is 13.7 Å². The molecule has 2 N–H and O–H groups in total. The number of hydrogen-bond acceptors (Lipinski definition) is 5. The summed E-state index contributed by atoms with van der Waals surface area (Å²) in [6.07, 6.45) is 3.52. The average Bonchev–Trinajstić information content (AvgIpc) is 3.30. The summed E-state index contributed by atoms with van der Waals surface area (Å²) in [6, 6.07) is 9.97. The summed E-state index contributed by atoms with van der Waals surface area (Å²) in [5.74, 6) is 0.478. The van der Waals surface area contributed by atoms with Gasteiger partial charge in [-0.15, -0.1) is 0 Å². The molecule has 3 heterocycles. The van der Waals surface area contributed by atoms with Gasteiger partial charge in [-0.3, -0.25) is 19.0 Å². The van der Waals surface area contributed by atoms with E-state index in [2.05, 4.69) is 20.1 Å². The predicted octanol–water partition coefficient (Wildman–Crippen LogP) is 0.971. The van der Waals surface area contributed by atoms with Gasteiger partial charge in [0.2, 0.25) is 0 Å². The average molecular weight is 366 g/mol. The number of nitrogens with zero attached hydrogens (tertiary/aromatic N) is 4. The second kappa shape index (κ2) is 7.04. The molecule has 0 bridgehead atoms. The van der Waals surface area contributed by atoms with E-state index in [0.29, 0.717) is 31.2 Å². The quantitative estimate of drug-likeness (QED) is 0.528. The third-order valence-corrected chi connectivity index (χ3v) is 4.25. The highest BCUT2D eigenvalue weighted by atomic mass is 16.5. The molecule has 0 radical (unpaired) electrons. The number of nitrogens with one attached hydrogen (secondary N) is 2. The van der Waals surface area contributed by atoms with Gasteiger partial charge < -0.3 is 9.72 Å². The van der Waals surface area contributed by atoms with Crippen LogP contribution in [0.4, 0.5) is 0 Å². The Morgan fingerprint density at radius 3 is 2.74 bits per heavy atom. The van der Waals surface area contributed by atoms with Crippen molar-refractivity contribution in [1.82, 2.24) is 29.3 Å². The first-order valence-corrected chi connectivity index (χ1v) is 8.44. The molecular weight excluding hydrogens is 348 g/mol. The molecule has 1 aromatic carbocycles. The van der Waals surface area contributed by atoms with E-state index < -0.39 is 11.2 Å². The first-order chi connectivity index (χ1) is 13.2. The van der Waals surface area contributed by atoms with E-state index in [1.807, 2.05) is 36.5 Å². The van der Waals surface area contributed by atoms with Crippen LogP contribution in [-0.2, 0) is 17.8 Å². The van der Waals surface area contributed by atoms with Gasteiger partial charge in [-0.05, 0) is 5.56 Å². The molecule has 4 aromatic rings. The van der Waals surface area contributed by atoms with Crippen LogP contribution in [0, 0.1) is 0 Å². The Morgan fingerprint density at radius 1 is 1.15 bits per heavy atom. The van der Waals surface area contributed by atoms with Crippen LogP contribution < -0.4 is 11.2 Å². The maximum atomic E-state index is 12.1. The topological polar surface area (TPSA) is 111 Å². The smallest absolute Gasteiger partial charge is 0.330 e. The molecule has 0 spiro atoms. The van der Waals surface area contributed by atoms with Gasteiger partial charge in [0.15, 0.2) is 5.65 Å². The van der Waals surface area contributed by atoms with Crippen molar-refractivity contribution in [3.63, 3.8) is 0 Å². The highest BCUT2D eigenvalue weighted by molar-refractivity contribution is 5.75. The van der Waals surface area contributed by atoms with Crippen LogP contribution in [0.15, 0.2) is 52.3 Å². The van der Waals surface area contributed by atoms with E-state index in [9.17, 15) is 9.59 Å². The van der Waals surface area contributed by atoms with E-state index in [1.165, 1.54) is 4.57 Å². The Kier molecular flexibility index (Phi) is 4.43. The summed E-state index contributed by atoms with van der Waals surface area (Å²) in [7, 11) is 1.55. The fourth-order valence-corrected chi connectivity index (χ4v) is 2.91. The van der Waals surface area contributed by atoms with Gasteiger partial charge in [-0.1, -0.05) is 30.3 Å². The standard InChI is InChI=1S/C18H18N6O3/c1-27-8-7-24-16-14(17(25)22-18(24)26)20-15(21-16)13-9-19-23(11-13)10-12-5-3-2-4-6-12/h2-6,9,11H,7-8,10H2,1H3,(H,20,21)(H,22,25,26). The van der Waals surface area contributed by atoms with Gasteiger partial charge in [0, 0.05) is 13.3 Å². The van der Waals surface area contributed by atoms with E-state index in [4.69, 9.17) is 4.74 Å². The van der Waals surface area contributed by atoms with Crippen molar-refractivity contribution < 1.29 is 4.74 Å². The molecule has 3 aromatic heterocycles. The molecule has 0 amide bonds. The monoisotopic (exact) mass is 366 g/mol. The summed E-state index contributed by atoms with van der Waals surface area (Å²) in [5.41, 5.74) is 1.39. The lowest BCUT2D eigenvalue weighted by molar-refractivity contribution is 0.187. The van der Waals surface area contributed by atoms with Gasteiger partial charge in [0.25, 0.3) is 5.56 Å². The lowest BCUT2D eigenvalue weighted by Crippen LogP contribution is -2.31. The number of aromatic amines is 2. The minimum absolute atomic E-state index is 0.247. The number of benzene rings is 1. The Labute approximate surface area is 153 Å². The third-order valence-electron chi connectivity index (χ3n) is 4.25. The molecule has 0 atom stereocenters. The highest BCUT2D eigenvalue weighted by Crippen LogP contribution is 2.18. The van der Waals surface area contributed by atoms with Crippen molar-refractivity contribution in [2.24, 2.45) is 0 Å². The maximum absolute atomic E-state index is 12.1. The molecule has 0 fully saturated rings. The van der Waals surface area contributed by atoms with Crippen molar-refractivity contribution in [3.8, 4) is 11.4 Å². The van der Waals surface area contributed by atoms with Crippen LogP contribution in [0.25, 0.3) is 22.6 Å². The van der Waals surface area contributed by atoms with Crippen molar-refractivity contribution in [1.29, 1.82) is 0 Å². The van der Waals surface area contributed by atoms with Crippen LogP contribution in [0.3, 0.4) is 0 Å². The molecular formula is C18H18N6O3. The Bertz CT molecular complexity index is 1190. The summed E-state index contributed by atoms with van der Waals surface area (Å²) in [6.45, 7) is 1.25. The SMILES string of the molecule is COCCn1c(=O)[nH]c(=O)c2[nH]c(-c3cnn(Cc4ccccc4)c3)nc21. The molecule has 0 saturated carbocycles. The summed E-state index contributed by atoms with van der Waals surface area (Å²) >= 11 is 0. The molecule has 9 heteroatoms. The van der Waals surface area contributed by atoms with E-state index >= 15 is 0 Å². The Morgan fingerprint density at radius 2 is 1.96 bits per heavy atom. The van der Waals surface area contributed by atoms with Gasteiger partial charge in [0.1, 0.15) is 11.3 Å². The van der Waals surface area contributed by atoms with Crippen LogP contribution in [0.2, 0.25) is 0 Å². The zero-order valence-corrected chi connectivity index (χ0v) is 14.7. The van der Waals surface area contributed by atoms with Gasteiger partial charge in [0.05, 0.1) is 31.5 Å². The molecule has 0 aliphatic carbocycles. The maximum Gasteiger partial charge on any atom is 0.330 e. The largest absolute Gasteiger partial charge is 0.383 e. The van der Waals surface area contributed by atoms with Crippen LogP contribution >= 0.6 is 0 Å². The second-order valence-electron chi connectivity index (χ2n) is 6.10. The number of methoxy groups -OCH3 is 1. The number of imidazole rings is 1. The lowest BCUT2D eigenvalue weighted by Gasteiger charge is -2.04. The lowest BCUT2D eigenvalue weighted by atomic mass is 10.2. The zero-order valence-electron chi connectivity index (χ0n) is 14.7. The Balaban J connectivity index is 1.71. The molecule has 0 unspecified atom stereocenters. The minimum atomic E-state index is -0.512. The van der Waals surface area contributed by atoms with Gasteiger partial charge >= 0.3 is 5.69 Å². The molecule has 0 saturated heterocycles. The summed E-state index contributed by atoms with van der Waals surface area (Å²) < 4.78 is 8.20. The molecule has 0 aliphatic heterocycles. The number of hydrogen-bond donors (Lipinski definition) is 2. The predicted molar refractivity (Wildman–Crippen MR) is 99.6 cm³/mol. The van der Waals surface area contributed by atoms with Crippen molar-refractivity contribution in [2.45, 2.75) is 13.1 Å². The van der Waals surface area contributed by atoms with E-state index in [-0.39, 0.29) is 5.52 Å². The van der Waals surface area contributed by atoms with Crippen LogP contribution in [0.1, 0.15) is 5.56 Å². The molecule has 4 rings (SSSR count). The third kappa shape index (κ3) is 3.32. The molecule has 0 aliphatic rings. The van der Waals surface area contributed by atoms with E-state index in [0.717, 1.165) is 11.1 Å². The van der Waals surface area contributed by atoms with Crippen molar-refractivity contribution in [3.05, 3.63) is 69.1 Å². The normalized spacial score (nSPS) is 11.3. The molecule has 9 nitrogen and oxygen atoms in total. The van der Waals surface area contributed by atoms with E-state index in [1.54, 1.807) is 18.0 Å². The number of rotatable bonds is 6.